The average Bonchev–Trinajstić information content (AvgIpc) is 3.34. The van der Waals surface area contributed by atoms with E-state index in [1.807, 2.05) is 12.3 Å². The van der Waals surface area contributed by atoms with Gasteiger partial charge >= 0.3 is 0 Å². The SMILES string of the molecule is Cc1cccnc1[C@@H]1CCC[C@H](C2CN3C(N4CCN(C5CCOCC5)CC4)=CC=CC3=N2)N1C. The van der Waals surface area contributed by atoms with Crippen molar-refractivity contribution in [2.75, 3.05) is 53.0 Å². The molecule has 0 spiro atoms. The number of allylic oxidation sites excluding steroid dienone is 2. The Labute approximate surface area is 210 Å². The lowest BCUT2D eigenvalue weighted by atomic mass is 9.89. The molecule has 0 aromatic carbocycles. The van der Waals surface area contributed by atoms with E-state index in [0.29, 0.717) is 24.2 Å². The number of fused-ring (bicyclic) bond motifs is 1. The number of rotatable bonds is 4. The molecule has 0 saturated carbocycles. The number of piperazine rings is 1. The van der Waals surface area contributed by atoms with Gasteiger partial charge in [0.15, 0.2) is 0 Å². The summed E-state index contributed by atoms with van der Waals surface area (Å²) in [5, 5.41) is 0. The number of ether oxygens (including phenoxy) is 1. The molecule has 7 heteroatoms. The Morgan fingerprint density at radius 1 is 1.03 bits per heavy atom. The number of piperidine rings is 1. The second-order valence-electron chi connectivity index (χ2n) is 10.8. The zero-order valence-corrected chi connectivity index (χ0v) is 21.4. The first-order valence-electron chi connectivity index (χ1n) is 13.6. The lowest BCUT2D eigenvalue weighted by Crippen LogP contribution is -2.53. The molecular formula is C28H40N6O. The molecule has 0 bridgehead atoms. The van der Waals surface area contributed by atoms with E-state index in [1.54, 1.807) is 0 Å². The van der Waals surface area contributed by atoms with Crippen LogP contribution < -0.4 is 0 Å². The second kappa shape index (κ2) is 10.0. The number of aliphatic imine (C=N–C) groups is 1. The van der Waals surface area contributed by atoms with Gasteiger partial charge in [0.1, 0.15) is 11.7 Å². The third-order valence-corrected chi connectivity index (χ3v) is 8.86. The van der Waals surface area contributed by atoms with Crippen LogP contribution in [0.4, 0.5) is 0 Å². The van der Waals surface area contributed by atoms with Gasteiger partial charge in [-0.1, -0.05) is 12.1 Å². The standard InChI is InChI=1S/C28H40N6O/c1-21-6-5-13-29-28(21)25-8-3-7-24(31(25)2)23-20-34-26(30-23)9-4-10-27(34)33-16-14-32(15-17-33)22-11-18-35-19-12-22/h4-6,9-10,13,22-25H,3,7-8,11-12,14-20H2,1-2H3/t23?,24-,25+/m1/s1. The topological polar surface area (TPSA) is 47.4 Å². The minimum Gasteiger partial charge on any atom is -0.381 e. The summed E-state index contributed by atoms with van der Waals surface area (Å²) in [6.07, 6.45) is 14.6. The van der Waals surface area contributed by atoms with Gasteiger partial charge in [-0.25, -0.2) is 0 Å². The molecule has 3 saturated heterocycles. The van der Waals surface area contributed by atoms with Gasteiger partial charge in [0.2, 0.25) is 0 Å². The van der Waals surface area contributed by atoms with Crippen molar-refractivity contribution in [2.45, 2.75) is 63.2 Å². The zero-order chi connectivity index (χ0) is 23.8. The Kier molecular flexibility index (Phi) is 6.65. The average molecular weight is 477 g/mol. The summed E-state index contributed by atoms with van der Waals surface area (Å²) in [7, 11) is 2.29. The number of likely N-dealkylation sites (tertiary alicyclic amines) is 1. The molecule has 3 atom stereocenters. The Morgan fingerprint density at radius 2 is 1.86 bits per heavy atom. The molecule has 1 aromatic heterocycles. The highest BCUT2D eigenvalue weighted by Crippen LogP contribution is 2.37. The van der Waals surface area contributed by atoms with Crippen LogP contribution in [-0.4, -0.2) is 102 Å². The molecule has 5 aliphatic rings. The van der Waals surface area contributed by atoms with Crippen LogP contribution >= 0.6 is 0 Å². The maximum atomic E-state index is 5.58. The predicted octanol–water partition coefficient (Wildman–Crippen LogP) is 3.21. The molecule has 6 heterocycles. The van der Waals surface area contributed by atoms with Crippen LogP contribution in [0.15, 0.2) is 47.4 Å². The summed E-state index contributed by atoms with van der Waals surface area (Å²) in [6.45, 7) is 9.50. The third-order valence-electron chi connectivity index (χ3n) is 8.86. The molecule has 0 amide bonds. The minimum absolute atomic E-state index is 0.302. The van der Waals surface area contributed by atoms with Crippen LogP contribution in [0.2, 0.25) is 0 Å². The van der Waals surface area contributed by atoms with E-state index in [2.05, 4.69) is 57.9 Å². The van der Waals surface area contributed by atoms with Gasteiger partial charge in [0, 0.05) is 64.2 Å². The molecule has 0 radical (unpaired) electrons. The normalized spacial score (nSPS) is 30.9. The highest BCUT2D eigenvalue weighted by atomic mass is 16.5. The van der Waals surface area contributed by atoms with Crippen molar-refractivity contribution in [2.24, 2.45) is 4.99 Å². The second-order valence-corrected chi connectivity index (χ2v) is 10.8. The van der Waals surface area contributed by atoms with Gasteiger partial charge < -0.3 is 14.5 Å². The number of likely N-dealkylation sites (N-methyl/N-ethyl adjacent to an activating group) is 1. The maximum Gasteiger partial charge on any atom is 0.129 e. The van der Waals surface area contributed by atoms with Gasteiger partial charge in [0.05, 0.1) is 17.8 Å². The largest absolute Gasteiger partial charge is 0.381 e. The third kappa shape index (κ3) is 4.54. The lowest BCUT2D eigenvalue weighted by molar-refractivity contribution is 0.0155. The predicted molar refractivity (Wildman–Crippen MR) is 139 cm³/mol. The first-order chi connectivity index (χ1) is 17.2. The van der Waals surface area contributed by atoms with Crippen molar-refractivity contribution in [1.82, 2.24) is 24.6 Å². The smallest absolute Gasteiger partial charge is 0.129 e. The van der Waals surface area contributed by atoms with E-state index in [4.69, 9.17) is 14.7 Å². The van der Waals surface area contributed by atoms with E-state index in [9.17, 15) is 0 Å². The molecule has 0 aliphatic carbocycles. The number of hydrogen-bond donors (Lipinski definition) is 0. The summed E-state index contributed by atoms with van der Waals surface area (Å²) in [6, 6.07) is 6.08. The van der Waals surface area contributed by atoms with Gasteiger partial charge in [0.25, 0.3) is 0 Å². The monoisotopic (exact) mass is 476 g/mol. The maximum absolute atomic E-state index is 5.58. The van der Waals surface area contributed by atoms with Crippen LogP contribution in [-0.2, 0) is 4.74 Å². The van der Waals surface area contributed by atoms with Crippen molar-refractivity contribution in [3.05, 3.63) is 53.6 Å². The molecule has 1 unspecified atom stereocenters. The highest BCUT2D eigenvalue weighted by molar-refractivity contribution is 5.97. The Balaban J connectivity index is 1.12. The fourth-order valence-corrected chi connectivity index (χ4v) is 6.86. The molecule has 3 fully saturated rings. The number of aryl methyl sites for hydroxylation is 1. The van der Waals surface area contributed by atoms with Gasteiger partial charge in [-0.05, 0) is 69.9 Å². The van der Waals surface area contributed by atoms with Crippen molar-refractivity contribution in [1.29, 1.82) is 0 Å². The summed E-state index contributed by atoms with van der Waals surface area (Å²) < 4.78 is 5.58. The number of hydrogen-bond acceptors (Lipinski definition) is 7. The first kappa shape index (κ1) is 23.2. The molecule has 6 rings (SSSR count). The molecule has 7 nitrogen and oxygen atoms in total. The van der Waals surface area contributed by atoms with E-state index >= 15 is 0 Å². The number of nitrogens with zero attached hydrogens (tertiary/aromatic N) is 6. The molecule has 1 aromatic rings. The van der Waals surface area contributed by atoms with E-state index in [0.717, 1.165) is 51.8 Å². The number of aromatic nitrogens is 1. The van der Waals surface area contributed by atoms with Crippen molar-refractivity contribution in [3.8, 4) is 0 Å². The molecular weight excluding hydrogens is 436 g/mol. The van der Waals surface area contributed by atoms with Crippen LogP contribution in [0.3, 0.4) is 0 Å². The van der Waals surface area contributed by atoms with Crippen molar-refractivity contribution >= 4 is 5.84 Å². The molecule has 35 heavy (non-hydrogen) atoms. The van der Waals surface area contributed by atoms with Gasteiger partial charge in [-0.15, -0.1) is 0 Å². The van der Waals surface area contributed by atoms with Crippen LogP contribution in [0, 0.1) is 6.92 Å². The Bertz CT molecular complexity index is 991. The van der Waals surface area contributed by atoms with Crippen LogP contribution in [0.5, 0.6) is 0 Å². The minimum atomic E-state index is 0.302. The van der Waals surface area contributed by atoms with Crippen molar-refractivity contribution in [3.63, 3.8) is 0 Å². The number of pyridine rings is 1. The first-order valence-corrected chi connectivity index (χ1v) is 13.6. The fourth-order valence-electron chi connectivity index (χ4n) is 6.86. The molecule has 0 N–H and O–H groups in total. The number of amidine groups is 1. The molecule has 188 valence electrons. The summed E-state index contributed by atoms with van der Waals surface area (Å²) >= 11 is 0. The van der Waals surface area contributed by atoms with Crippen LogP contribution in [0.1, 0.15) is 49.4 Å². The van der Waals surface area contributed by atoms with Gasteiger partial charge in [-0.2, -0.15) is 0 Å². The summed E-state index contributed by atoms with van der Waals surface area (Å²) in [5.74, 6) is 2.49. The Morgan fingerprint density at radius 3 is 2.66 bits per heavy atom. The highest BCUT2D eigenvalue weighted by Gasteiger charge is 2.40. The summed E-state index contributed by atoms with van der Waals surface area (Å²) in [5.41, 5.74) is 2.54. The summed E-state index contributed by atoms with van der Waals surface area (Å²) in [4.78, 5) is 20.4. The lowest BCUT2D eigenvalue weighted by Gasteiger charge is -2.44. The quantitative estimate of drug-likeness (QED) is 0.665. The van der Waals surface area contributed by atoms with E-state index in [1.165, 1.54) is 49.2 Å². The molecule has 5 aliphatic heterocycles. The van der Waals surface area contributed by atoms with Crippen LogP contribution in [0.25, 0.3) is 0 Å². The fraction of sp³-hybridized carbons (Fsp3) is 0.643. The Hall–Kier alpha value is -2.22. The van der Waals surface area contributed by atoms with E-state index in [-0.39, 0.29) is 0 Å². The van der Waals surface area contributed by atoms with E-state index < -0.39 is 0 Å². The van der Waals surface area contributed by atoms with Gasteiger partial charge in [-0.3, -0.25) is 19.8 Å². The van der Waals surface area contributed by atoms with Crippen molar-refractivity contribution < 1.29 is 4.74 Å². The zero-order valence-electron chi connectivity index (χ0n) is 21.4.